The first-order chi connectivity index (χ1) is 12.2. The van der Waals surface area contributed by atoms with Crippen molar-refractivity contribution in [3.63, 3.8) is 0 Å². The fourth-order valence-electron chi connectivity index (χ4n) is 2.48. The number of hydrogen-bond donors (Lipinski definition) is 1. The Morgan fingerprint density at radius 1 is 1.42 bits per heavy atom. The molecule has 142 valence electrons. The molecule has 0 heterocycles. The van der Waals surface area contributed by atoms with Crippen LogP contribution in [0.1, 0.15) is 17.3 Å². The van der Waals surface area contributed by atoms with E-state index in [0.29, 0.717) is 5.75 Å². The van der Waals surface area contributed by atoms with Crippen molar-refractivity contribution in [3.05, 3.63) is 52.5 Å². The Hall–Kier alpha value is -1.45. The van der Waals surface area contributed by atoms with Crippen molar-refractivity contribution in [2.24, 2.45) is 5.92 Å². The Kier molecular flexibility index (Phi) is 7.19. The fraction of sp³-hybridized carbons (Fsp3) is 0.353. The maximum Gasteiger partial charge on any atom is 0.573 e. The molecule has 9 heteroatoms. The predicted molar refractivity (Wildman–Crippen MR) is 97.6 cm³/mol. The maximum atomic E-state index is 12.3. The molecule has 4 nitrogen and oxygen atoms in total. The molecule has 3 unspecified atom stereocenters. The molecule has 1 aliphatic rings. The number of alkyl halides is 3. The van der Waals surface area contributed by atoms with E-state index in [1.165, 1.54) is 12.1 Å². The van der Waals surface area contributed by atoms with Gasteiger partial charge in [0.25, 0.3) is 5.91 Å². The number of carbonyl (C=O) groups excluding carboxylic acids is 1. The summed E-state index contributed by atoms with van der Waals surface area (Å²) in [5.41, 5.74) is 0.0503. The van der Waals surface area contributed by atoms with Crippen molar-refractivity contribution in [1.82, 2.24) is 5.32 Å². The SMILES string of the molecule is CC[S+]([O-])C1C=CC(Br)=CC1CNC(=O)c1cccc(OC(F)(F)F)c1. The van der Waals surface area contributed by atoms with Crippen molar-refractivity contribution in [2.45, 2.75) is 18.5 Å². The van der Waals surface area contributed by atoms with E-state index in [2.05, 4.69) is 26.0 Å². The molecule has 0 bridgehead atoms. The minimum atomic E-state index is -4.82. The van der Waals surface area contributed by atoms with E-state index in [1.54, 1.807) is 0 Å². The average molecular weight is 452 g/mol. The summed E-state index contributed by atoms with van der Waals surface area (Å²) >= 11 is 2.27. The molecule has 1 aromatic rings. The first-order valence-corrected chi connectivity index (χ1v) is 9.94. The lowest BCUT2D eigenvalue weighted by atomic mass is 10.00. The number of benzene rings is 1. The molecule has 1 amide bonds. The smallest absolute Gasteiger partial charge is 0.573 e. The lowest BCUT2D eigenvalue weighted by Gasteiger charge is -2.27. The average Bonchev–Trinajstić information content (AvgIpc) is 2.57. The maximum absolute atomic E-state index is 12.3. The van der Waals surface area contributed by atoms with Gasteiger partial charge >= 0.3 is 6.36 Å². The molecule has 0 radical (unpaired) electrons. The second kappa shape index (κ2) is 8.96. The van der Waals surface area contributed by atoms with Gasteiger partial charge in [0.05, 0.1) is 0 Å². The van der Waals surface area contributed by atoms with E-state index in [9.17, 15) is 22.5 Å². The van der Waals surface area contributed by atoms with Crippen LogP contribution < -0.4 is 10.1 Å². The van der Waals surface area contributed by atoms with Crippen LogP contribution in [0.5, 0.6) is 5.75 Å². The van der Waals surface area contributed by atoms with E-state index in [1.807, 2.05) is 25.2 Å². The zero-order valence-electron chi connectivity index (χ0n) is 13.8. The largest absolute Gasteiger partial charge is 0.616 e. The Morgan fingerprint density at radius 3 is 2.81 bits per heavy atom. The first-order valence-electron chi connectivity index (χ1n) is 7.76. The van der Waals surface area contributed by atoms with Crippen LogP contribution in [0.2, 0.25) is 0 Å². The Morgan fingerprint density at radius 2 is 2.15 bits per heavy atom. The van der Waals surface area contributed by atoms with Gasteiger partial charge in [-0.1, -0.05) is 28.1 Å². The minimum absolute atomic E-state index is 0.0503. The van der Waals surface area contributed by atoms with Crippen molar-refractivity contribution < 1.29 is 27.3 Å². The highest BCUT2D eigenvalue weighted by Gasteiger charge is 2.32. The number of ether oxygens (including phenoxy) is 1. The predicted octanol–water partition coefficient (Wildman–Crippen LogP) is 3.92. The van der Waals surface area contributed by atoms with E-state index in [4.69, 9.17) is 0 Å². The van der Waals surface area contributed by atoms with Gasteiger partial charge in [0.15, 0.2) is 0 Å². The molecule has 0 saturated heterocycles. The summed E-state index contributed by atoms with van der Waals surface area (Å²) in [5.74, 6) is -0.688. The van der Waals surface area contributed by atoms with Crippen LogP contribution in [0.4, 0.5) is 13.2 Å². The van der Waals surface area contributed by atoms with Gasteiger partial charge in [0.2, 0.25) is 0 Å². The Labute approximate surface area is 160 Å². The van der Waals surface area contributed by atoms with Crippen LogP contribution >= 0.6 is 15.9 Å². The molecule has 0 aromatic heterocycles. The highest BCUT2D eigenvalue weighted by atomic mass is 79.9. The number of rotatable bonds is 6. The number of carbonyl (C=O) groups is 1. The molecular formula is C17H17BrF3NO3S. The van der Waals surface area contributed by atoms with E-state index < -0.39 is 29.2 Å². The second-order valence-electron chi connectivity index (χ2n) is 5.49. The van der Waals surface area contributed by atoms with Crippen LogP contribution in [-0.4, -0.2) is 34.4 Å². The minimum Gasteiger partial charge on any atom is -0.616 e. The molecular weight excluding hydrogens is 435 g/mol. The highest BCUT2D eigenvalue weighted by Crippen LogP contribution is 2.26. The summed E-state index contributed by atoms with van der Waals surface area (Å²) in [5, 5.41) is 2.44. The van der Waals surface area contributed by atoms with Gasteiger partial charge < -0.3 is 14.6 Å². The molecule has 0 spiro atoms. The van der Waals surface area contributed by atoms with Gasteiger partial charge in [-0.05, 0) is 48.5 Å². The zero-order valence-corrected chi connectivity index (χ0v) is 16.2. The number of amides is 1. The van der Waals surface area contributed by atoms with E-state index in [-0.39, 0.29) is 23.3 Å². The third kappa shape index (κ3) is 6.07. The van der Waals surface area contributed by atoms with Crippen LogP contribution in [0, 0.1) is 5.92 Å². The number of halogens is 4. The summed E-state index contributed by atoms with van der Waals surface area (Å²) in [4.78, 5) is 12.3. The summed E-state index contributed by atoms with van der Waals surface area (Å²) < 4.78 is 53.7. The topological polar surface area (TPSA) is 61.4 Å². The molecule has 1 aromatic carbocycles. The number of hydrogen-bond acceptors (Lipinski definition) is 3. The van der Waals surface area contributed by atoms with Crippen LogP contribution in [0.25, 0.3) is 0 Å². The van der Waals surface area contributed by atoms with Gasteiger partial charge in [-0.2, -0.15) is 0 Å². The van der Waals surface area contributed by atoms with Crippen LogP contribution in [0.15, 0.2) is 47.0 Å². The zero-order chi connectivity index (χ0) is 19.3. The van der Waals surface area contributed by atoms with Gasteiger partial charge in [-0.15, -0.1) is 13.2 Å². The highest BCUT2D eigenvalue weighted by molar-refractivity contribution is 9.11. The first kappa shape index (κ1) is 20.9. The monoisotopic (exact) mass is 451 g/mol. The van der Waals surface area contributed by atoms with Crippen molar-refractivity contribution in [2.75, 3.05) is 12.3 Å². The number of nitrogens with one attached hydrogen (secondary N) is 1. The van der Waals surface area contributed by atoms with Gasteiger partial charge in [0.1, 0.15) is 16.8 Å². The van der Waals surface area contributed by atoms with Gasteiger partial charge in [-0.3, -0.25) is 4.79 Å². The van der Waals surface area contributed by atoms with E-state index >= 15 is 0 Å². The summed E-state index contributed by atoms with van der Waals surface area (Å²) in [6, 6.07) is 4.85. The third-order valence-electron chi connectivity index (χ3n) is 3.66. The molecule has 1 aliphatic carbocycles. The second-order valence-corrected chi connectivity index (χ2v) is 8.29. The fourth-order valence-corrected chi connectivity index (χ4v) is 4.18. The lowest BCUT2D eigenvalue weighted by molar-refractivity contribution is -0.274. The van der Waals surface area contributed by atoms with Crippen LogP contribution in [-0.2, 0) is 11.2 Å². The molecule has 1 N–H and O–H groups in total. The van der Waals surface area contributed by atoms with Crippen LogP contribution in [0.3, 0.4) is 0 Å². The molecule has 2 rings (SSSR count). The Balaban J connectivity index is 2.03. The molecule has 0 fully saturated rings. The third-order valence-corrected chi connectivity index (χ3v) is 5.87. The summed E-state index contributed by atoms with van der Waals surface area (Å²) in [7, 11) is 0. The van der Waals surface area contributed by atoms with Gasteiger partial charge in [0, 0.05) is 22.5 Å². The molecule has 0 saturated carbocycles. The number of allylic oxidation sites excluding steroid dienone is 2. The quantitative estimate of drug-likeness (QED) is 0.666. The molecule has 26 heavy (non-hydrogen) atoms. The molecule has 0 aliphatic heterocycles. The summed E-state index contributed by atoms with van der Waals surface area (Å²) in [6.07, 6.45) is 0.687. The van der Waals surface area contributed by atoms with Crippen molar-refractivity contribution in [1.29, 1.82) is 0 Å². The van der Waals surface area contributed by atoms with E-state index in [0.717, 1.165) is 16.6 Å². The standard InChI is InChI=1S/C17H17BrF3NO3S/c1-2-26(24)15-7-6-13(18)8-12(15)10-22-16(23)11-4-3-5-14(9-11)25-17(19,20)21/h3-9,12,15H,2,10H2,1H3,(H,22,23). The summed E-state index contributed by atoms with van der Waals surface area (Å²) in [6.45, 7) is 2.03. The van der Waals surface area contributed by atoms with Crippen molar-refractivity contribution in [3.8, 4) is 5.75 Å². The Bertz CT molecular complexity index is 709. The normalized spacial score (nSPS) is 21.1. The van der Waals surface area contributed by atoms with Gasteiger partial charge in [-0.25, -0.2) is 0 Å². The lowest BCUT2D eigenvalue weighted by Crippen LogP contribution is -2.38. The molecule has 3 atom stereocenters. The van der Waals surface area contributed by atoms with Crippen molar-refractivity contribution >= 4 is 33.0 Å².